The van der Waals surface area contributed by atoms with Gasteiger partial charge in [0, 0.05) is 11.8 Å². The summed E-state index contributed by atoms with van der Waals surface area (Å²) >= 11 is 2.85. The highest BCUT2D eigenvalue weighted by Gasteiger charge is 2.34. The van der Waals surface area contributed by atoms with E-state index in [0.717, 1.165) is 21.8 Å². The number of hydrogen-bond acceptors (Lipinski definition) is 9. The highest BCUT2D eigenvalue weighted by molar-refractivity contribution is 7.13. The molecule has 218 valence electrons. The van der Waals surface area contributed by atoms with Crippen LogP contribution in [0.15, 0.2) is 93.3 Å². The number of allylic oxidation sites excluding steroid dienone is 1. The Morgan fingerprint density at radius 2 is 1.84 bits per heavy atom. The van der Waals surface area contributed by atoms with Gasteiger partial charge in [-0.3, -0.25) is 9.36 Å². The lowest BCUT2D eigenvalue weighted by Crippen LogP contribution is -2.40. The van der Waals surface area contributed by atoms with Gasteiger partial charge in [0.25, 0.3) is 5.56 Å². The fraction of sp³-hybridized carbons (Fsp3) is 0.188. The first-order valence-electron chi connectivity index (χ1n) is 13.5. The average molecular weight is 613 g/mol. The van der Waals surface area contributed by atoms with E-state index in [1.54, 1.807) is 56.1 Å². The summed E-state index contributed by atoms with van der Waals surface area (Å²) in [5.41, 5.74) is 3.64. The van der Waals surface area contributed by atoms with Crippen LogP contribution in [0, 0.1) is 0 Å². The van der Waals surface area contributed by atoms with E-state index < -0.39 is 12.0 Å². The monoisotopic (exact) mass is 612 g/mol. The number of hydrogen-bond donors (Lipinski definition) is 0. The third kappa shape index (κ3) is 5.21. The third-order valence-corrected chi connectivity index (χ3v) is 8.90. The fourth-order valence-electron chi connectivity index (χ4n) is 5.08. The van der Waals surface area contributed by atoms with Gasteiger partial charge in [0.2, 0.25) is 0 Å². The molecule has 6 rings (SSSR count). The highest BCUT2D eigenvalue weighted by Crippen LogP contribution is 2.36. The maximum atomic E-state index is 14.2. The zero-order valence-electron chi connectivity index (χ0n) is 23.9. The van der Waals surface area contributed by atoms with Crippen molar-refractivity contribution in [3.8, 4) is 27.8 Å². The summed E-state index contributed by atoms with van der Waals surface area (Å²) in [5, 5.41) is 6.87. The first-order valence-corrected chi connectivity index (χ1v) is 15.2. The molecule has 0 spiro atoms. The Morgan fingerprint density at radius 1 is 1.05 bits per heavy atom. The van der Waals surface area contributed by atoms with Crippen molar-refractivity contribution in [2.75, 3.05) is 20.8 Å². The number of thiophene rings is 1. The molecule has 4 heterocycles. The Morgan fingerprint density at radius 3 is 2.53 bits per heavy atom. The number of thiazole rings is 1. The van der Waals surface area contributed by atoms with Crippen LogP contribution >= 0.6 is 22.7 Å². The van der Waals surface area contributed by atoms with Crippen LogP contribution in [-0.4, -0.2) is 41.1 Å². The number of para-hydroxylation sites is 1. The molecule has 1 aliphatic heterocycles. The maximum absolute atomic E-state index is 14.2. The second kappa shape index (κ2) is 11.9. The van der Waals surface area contributed by atoms with Gasteiger partial charge < -0.3 is 14.2 Å². The second-order valence-electron chi connectivity index (χ2n) is 9.61. The van der Waals surface area contributed by atoms with Gasteiger partial charge >= 0.3 is 5.97 Å². The molecule has 0 saturated heterocycles. The van der Waals surface area contributed by atoms with Crippen LogP contribution in [0.25, 0.3) is 22.3 Å². The molecule has 0 N–H and O–H groups in total. The summed E-state index contributed by atoms with van der Waals surface area (Å²) in [6, 6.07) is 18.4. The molecule has 11 heteroatoms. The minimum atomic E-state index is -0.777. The van der Waals surface area contributed by atoms with Crippen LogP contribution in [0.3, 0.4) is 0 Å². The lowest BCUT2D eigenvalue weighted by atomic mass is 9.95. The molecule has 1 atom stereocenters. The minimum absolute atomic E-state index is 0.190. The van der Waals surface area contributed by atoms with E-state index in [1.165, 1.54) is 11.3 Å². The molecular weight excluding hydrogens is 585 g/mol. The van der Waals surface area contributed by atoms with Crippen LogP contribution < -0.4 is 24.4 Å². The lowest BCUT2D eigenvalue weighted by Gasteiger charge is -2.25. The molecule has 1 aliphatic rings. The quantitative estimate of drug-likeness (QED) is 0.235. The van der Waals surface area contributed by atoms with E-state index in [1.807, 2.05) is 70.9 Å². The molecule has 43 heavy (non-hydrogen) atoms. The van der Waals surface area contributed by atoms with Gasteiger partial charge in [-0.25, -0.2) is 14.5 Å². The predicted octanol–water partition coefficient (Wildman–Crippen LogP) is 4.73. The van der Waals surface area contributed by atoms with Gasteiger partial charge in [-0.2, -0.15) is 5.10 Å². The van der Waals surface area contributed by atoms with Gasteiger partial charge in [-0.15, -0.1) is 11.3 Å². The number of benzene rings is 2. The summed E-state index contributed by atoms with van der Waals surface area (Å²) < 4.78 is 20.2. The number of ether oxygens (including phenoxy) is 3. The smallest absolute Gasteiger partial charge is 0.338 e. The van der Waals surface area contributed by atoms with Crippen molar-refractivity contribution in [2.45, 2.75) is 19.9 Å². The van der Waals surface area contributed by atoms with Gasteiger partial charge in [-0.05, 0) is 61.2 Å². The van der Waals surface area contributed by atoms with Crippen LogP contribution in [0.2, 0.25) is 0 Å². The highest BCUT2D eigenvalue weighted by atomic mass is 32.1. The lowest BCUT2D eigenvalue weighted by molar-refractivity contribution is -0.139. The first kappa shape index (κ1) is 28.4. The van der Waals surface area contributed by atoms with Gasteiger partial charge in [0.15, 0.2) is 16.3 Å². The van der Waals surface area contributed by atoms with Crippen LogP contribution in [0.4, 0.5) is 0 Å². The van der Waals surface area contributed by atoms with E-state index in [-0.39, 0.29) is 12.2 Å². The fourth-order valence-corrected chi connectivity index (χ4v) is 6.85. The summed E-state index contributed by atoms with van der Waals surface area (Å²) in [6.45, 7) is 3.70. The van der Waals surface area contributed by atoms with Crippen molar-refractivity contribution < 1.29 is 19.0 Å². The number of nitrogens with zero attached hydrogens (tertiary/aromatic N) is 4. The van der Waals surface area contributed by atoms with Crippen molar-refractivity contribution in [3.05, 3.63) is 114 Å². The minimum Gasteiger partial charge on any atom is -0.493 e. The Balaban J connectivity index is 1.56. The van der Waals surface area contributed by atoms with Crippen molar-refractivity contribution in [1.29, 1.82) is 0 Å². The zero-order chi connectivity index (χ0) is 30.1. The largest absolute Gasteiger partial charge is 0.493 e. The van der Waals surface area contributed by atoms with E-state index in [4.69, 9.17) is 24.3 Å². The van der Waals surface area contributed by atoms with Crippen LogP contribution in [0.1, 0.15) is 31.0 Å². The SMILES string of the molecule is CCOC(=O)C1=C(C)N=c2s/c(=C\c3cn(-c4ccccc4)nc3-c3cccs3)c(=O)n2C1c1ccc(OC)c(OC)c1. The topological polar surface area (TPSA) is 96.9 Å². The van der Waals surface area contributed by atoms with Gasteiger partial charge in [-0.1, -0.05) is 41.7 Å². The number of rotatable bonds is 8. The molecule has 1 unspecified atom stereocenters. The molecule has 3 aromatic heterocycles. The molecule has 0 radical (unpaired) electrons. The van der Waals surface area contributed by atoms with Gasteiger partial charge in [0.1, 0.15) is 5.69 Å². The van der Waals surface area contributed by atoms with Crippen molar-refractivity contribution in [3.63, 3.8) is 0 Å². The number of fused-ring (bicyclic) bond motifs is 1. The van der Waals surface area contributed by atoms with E-state index >= 15 is 0 Å². The van der Waals surface area contributed by atoms with Crippen molar-refractivity contribution in [1.82, 2.24) is 14.3 Å². The van der Waals surface area contributed by atoms with E-state index in [0.29, 0.717) is 37.7 Å². The first-order chi connectivity index (χ1) is 20.9. The number of methoxy groups -OCH3 is 2. The molecule has 2 aromatic carbocycles. The Labute approximate surface area is 255 Å². The van der Waals surface area contributed by atoms with Crippen LogP contribution in [-0.2, 0) is 9.53 Å². The maximum Gasteiger partial charge on any atom is 0.338 e. The Hall–Kier alpha value is -4.74. The standard InChI is InChI=1S/C32H28N4O5S2/c1-5-41-31(38)27-19(2)33-32-36(29(27)20-13-14-23(39-3)24(16-20)40-4)30(37)26(43-32)17-21-18-35(22-10-7-6-8-11-22)34-28(21)25-12-9-15-42-25/h6-18,29H,5H2,1-4H3/b26-17-. The molecule has 0 bridgehead atoms. The average Bonchev–Trinajstić information content (AvgIpc) is 3.77. The summed E-state index contributed by atoms with van der Waals surface area (Å²) in [7, 11) is 3.10. The molecule has 9 nitrogen and oxygen atoms in total. The van der Waals surface area contributed by atoms with Crippen molar-refractivity contribution >= 4 is 34.7 Å². The Kier molecular flexibility index (Phi) is 7.83. The van der Waals surface area contributed by atoms with Crippen molar-refractivity contribution in [2.24, 2.45) is 4.99 Å². The number of aromatic nitrogens is 3. The second-order valence-corrected chi connectivity index (χ2v) is 11.6. The number of esters is 1. The predicted molar refractivity (Wildman–Crippen MR) is 167 cm³/mol. The normalized spacial score (nSPS) is 14.8. The molecule has 0 saturated carbocycles. The summed E-state index contributed by atoms with van der Waals surface area (Å²) in [6.07, 6.45) is 3.77. The molecule has 0 fully saturated rings. The zero-order valence-corrected chi connectivity index (χ0v) is 25.6. The van der Waals surface area contributed by atoms with E-state index in [9.17, 15) is 9.59 Å². The number of carbonyl (C=O) groups excluding carboxylic acids is 1. The summed E-state index contributed by atoms with van der Waals surface area (Å²) in [5.74, 6) is 0.490. The molecule has 0 amide bonds. The summed E-state index contributed by atoms with van der Waals surface area (Å²) in [4.78, 5) is 33.7. The van der Waals surface area contributed by atoms with Crippen LogP contribution in [0.5, 0.6) is 11.5 Å². The Bertz CT molecular complexity index is 2020. The third-order valence-electron chi connectivity index (χ3n) is 7.04. The molecule has 5 aromatic rings. The number of carbonyl (C=O) groups is 1. The molecular formula is C32H28N4O5S2. The van der Waals surface area contributed by atoms with E-state index in [2.05, 4.69) is 0 Å². The molecule has 0 aliphatic carbocycles. The van der Waals surface area contributed by atoms with Gasteiger partial charge in [0.05, 0.1) is 53.2 Å².